The molecule has 2 N–H and O–H groups in total. The first kappa shape index (κ1) is 13.3. The summed E-state index contributed by atoms with van der Waals surface area (Å²) < 4.78 is 0. The molecule has 0 amide bonds. The molecule has 0 aliphatic heterocycles. The van der Waals surface area contributed by atoms with Crippen LogP contribution in [-0.2, 0) is 5.41 Å². The van der Waals surface area contributed by atoms with Crippen LogP contribution in [0.25, 0.3) is 22.6 Å². The highest BCUT2D eigenvalue weighted by Crippen LogP contribution is 2.29. The van der Waals surface area contributed by atoms with E-state index in [4.69, 9.17) is 0 Å². The maximum absolute atomic E-state index is 11.0. The van der Waals surface area contributed by atoms with Crippen LogP contribution in [0.1, 0.15) is 26.3 Å². The summed E-state index contributed by atoms with van der Waals surface area (Å²) in [5.41, 5.74) is 2.90. The Balaban J connectivity index is 2.13. The van der Waals surface area contributed by atoms with Gasteiger partial charge in [-0.15, -0.1) is 0 Å². The van der Waals surface area contributed by atoms with Crippen molar-refractivity contribution in [1.82, 2.24) is 20.2 Å². The van der Waals surface area contributed by atoms with Crippen LogP contribution in [0.3, 0.4) is 0 Å². The van der Waals surface area contributed by atoms with E-state index in [1.165, 1.54) is 6.20 Å². The number of hydrogen-bond donors (Lipinski definition) is 2. The van der Waals surface area contributed by atoms with Gasteiger partial charge in [0.05, 0.1) is 16.0 Å². The summed E-state index contributed by atoms with van der Waals surface area (Å²) in [6, 6.07) is 5.96. The quantitative estimate of drug-likeness (QED) is 0.557. The molecule has 21 heavy (non-hydrogen) atoms. The fourth-order valence-electron chi connectivity index (χ4n) is 2.18. The van der Waals surface area contributed by atoms with Crippen LogP contribution in [0.5, 0.6) is 0 Å². The fourth-order valence-corrected chi connectivity index (χ4v) is 2.18. The van der Waals surface area contributed by atoms with E-state index in [9.17, 15) is 10.1 Å². The molecule has 3 aromatic rings. The van der Waals surface area contributed by atoms with Crippen LogP contribution in [0, 0.1) is 10.1 Å². The second-order valence-electron chi connectivity index (χ2n) is 5.94. The first-order chi connectivity index (χ1) is 9.86. The summed E-state index contributed by atoms with van der Waals surface area (Å²) in [5.74, 6) is 0.393. The van der Waals surface area contributed by atoms with E-state index >= 15 is 0 Å². The second kappa shape index (κ2) is 4.41. The lowest BCUT2D eigenvalue weighted by molar-refractivity contribution is -0.384. The average molecular weight is 285 g/mol. The molecular formula is C14H15N5O2. The highest BCUT2D eigenvalue weighted by atomic mass is 16.6. The van der Waals surface area contributed by atoms with Gasteiger partial charge in [0.1, 0.15) is 6.20 Å². The molecule has 7 heteroatoms. The number of rotatable bonds is 2. The molecule has 0 spiro atoms. The molecule has 0 aliphatic rings. The van der Waals surface area contributed by atoms with Gasteiger partial charge in [0, 0.05) is 0 Å². The molecule has 1 aromatic carbocycles. The molecule has 108 valence electrons. The minimum Gasteiger partial charge on any atom is -0.336 e. The Hall–Kier alpha value is -2.70. The van der Waals surface area contributed by atoms with E-state index < -0.39 is 4.92 Å². The first-order valence-electron chi connectivity index (χ1n) is 6.55. The van der Waals surface area contributed by atoms with Crippen molar-refractivity contribution < 1.29 is 4.92 Å². The molecule has 0 unspecified atom stereocenters. The number of aromatic nitrogens is 4. The molecule has 7 nitrogen and oxygen atoms in total. The van der Waals surface area contributed by atoms with Crippen molar-refractivity contribution in [2.75, 3.05) is 0 Å². The number of imidazole rings is 1. The maximum atomic E-state index is 11.0. The number of nitrogens with zero attached hydrogens (tertiary/aromatic N) is 3. The van der Waals surface area contributed by atoms with Crippen LogP contribution < -0.4 is 0 Å². The predicted octanol–water partition coefficient (Wildman–Crippen LogP) is 3.16. The molecular weight excluding hydrogens is 270 g/mol. The van der Waals surface area contributed by atoms with Gasteiger partial charge in [-0.2, -0.15) is 5.10 Å². The molecule has 0 saturated heterocycles. The van der Waals surface area contributed by atoms with E-state index in [1.807, 2.05) is 18.2 Å². The van der Waals surface area contributed by atoms with Gasteiger partial charge in [-0.1, -0.05) is 26.8 Å². The highest BCUT2D eigenvalue weighted by Gasteiger charge is 2.22. The molecule has 0 radical (unpaired) electrons. The zero-order valence-corrected chi connectivity index (χ0v) is 12.0. The molecule has 0 atom stereocenters. The average Bonchev–Trinajstić information content (AvgIpc) is 3.02. The number of fused-ring (bicyclic) bond motifs is 1. The minimum atomic E-state index is -0.480. The minimum absolute atomic E-state index is 0.0195. The Bertz CT molecular complexity index is 825. The normalized spacial score (nSPS) is 12.0. The molecule has 3 rings (SSSR count). The van der Waals surface area contributed by atoms with Crippen LogP contribution >= 0.6 is 0 Å². The Morgan fingerprint density at radius 1 is 1.29 bits per heavy atom. The molecule has 0 fully saturated rings. The van der Waals surface area contributed by atoms with Crippen molar-refractivity contribution in [1.29, 1.82) is 0 Å². The SMILES string of the molecule is CC(C)(C)c1ccc2[nH]c(-c3n[nH]cc3[N+](=O)[O-])nc2c1. The Kier molecular flexibility index (Phi) is 2.79. The lowest BCUT2D eigenvalue weighted by Crippen LogP contribution is -2.10. The van der Waals surface area contributed by atoms with E-state index in [1.54, 1.807) is 0 Å². The Morgan fingerprint density at radius 3 is 2.71 bits per heavy atom. The molecule has 0 aliphatic carbocycles. The zero-order valence-electron chi connectivity index (χ0n) is 12.0. The Labute approximate surface area is 120 Å². The number of nitro groups is 1. The number of nitrogens with one attached hydrogen (secondary N) is 2. The van der Waals surface area contributed by atoms with Gasteiger partial charge in [-0.3, -0.25) is 15.2 Å². The summed E-state index contributed by atoms with van der Waals surface area (Å²) in [6.45, 7) is 6.38. The van der Waals surface area contributed by atoms with Gasteiger partial charge in [0.2, 0.25) is 5.69 Å². The van der Waals surface area contributed by atoms with E-state index in [2.05, 4.69) is 40.9 Å². The summed E-state index contributed by atoms with van der Waals surface area (Å²) in [6.07, 6.45) is 1.25. The first-order valence-corrected chi connectivity index (χ1v) is 6.55. The van der Waals surface area contributed by atoms with Crippen molar-refractivity contribution in [2.45, 2.75) is 26.2 Å². The number of aromatic amines is 2. The zero-order chi connectivity index (χ0) is 15.2. The van der Waals surface area contributed by atoms with Crippen molar-refractivity contribution >= 4 is 16.7 Å². The van der Waals surface area contributed by atoms with E-state index in [-0.39, 0.29) is 16.8 Å². The third-order valence-corrected chi connectivity index (χ3v) is 3.39. The topological polar surface area (TPSA) is 100 Å². The largest absolute Gasteiger partial charge is 0.336 e. The summed E-state index contributed by atoms with van der Waals surface area (Å²) in [5, 5.41) is 17.4. The van der Waals surface area contributed by atoms with Crippen LogP contribution in [0.15, 0.2) is 24.4 Å². The van der Waals surface area contributed by atoms with Crippen LogP contribution in [-0.4, -0.2) is 25.1 Å². The lowest BCUT2D eigenvalue weighted by Gasteiger charge is -2.18. The fraction of sp³-hybridized carbons (Fsp3) is 0.286. The van der Waals surface area contributed by atoms with Gasteiger partial charge in [-0.25, -0.2) is 4.98 Å². The summed E-state index contributed by atoms with van der Waals surface area (Å²) >= 11 is 0. The third kappa shape index (κ3) is 2.26. The molecule has 0 bridgehead atoms. The van der Waals surface area contributed by atoms with Crippen LogP contribution in [0.4, 0.5) is 5.69 Å². The molecule has 0 saturated carbocycles. The smallest absolute Gasteiger partial charge is 0.317 e. The second-order valence-corrected chi connectivity index (χ2v) is 5.94. The molecule has 2 aromatic heterocycles. The number of hydrogen-bond acceptors (Lipinski definition) is 4. The summed E-state index contributed by atoms with van der Waals surface area (Å²) in [4.78, 5) is 18.0. The van der Waals surface area contributed by atoms with Gasteiger partial charge < -0.3 is 4.98 Å². The maximum Gasteiger partial charge on any atom is 0.317 e. The standard InChI is InChI=1S/C14H15N5O2/c1-14(2,3)8-4-5-9-10(6-8)17-13(16-9)12-11(19(20)21)7-15-18-12/h4-7H,1-3H3,(H,15,18)(H,16,17). The summed E-state index contributed by atoms with van der Waals surface area (Å²) in [7, 11) is 0. The van der Waals surface area contributed by atoms with Crippen molar-refractivity contribution in [3.8, 4) is 11.5 Å². The number of H-pyrrole nitrogens is 2. The van der Waals surface area contributed by atoms with Crippen molar-refractivity contribution in [3.63, 3.8) is 0 Å². The van der Waals surface area contributed by atoms with Crippen LogP contribution in [0.2, 0.25) is 0 Å². The lowest BCUT2D eigenvalue weighted by atomic mass is 9.87. The predicted molar refractivity (Wildman–Crippen MR) is 79.0 cm³/mol. The van der Waals surface area contributed by atoms with Gasteiger partial charge in [-0.05, 0) is 23.1 Å². The van der Waals surface area contributed by atoms with Gasteiger partial charge in [0.15, 0.2) is 5.82 Å². The monoisotopic (exact) mass is 285 g/mol. The van der Waals surface area contributed by atoms with Crippen molar-refractivity contribution in [3.05, 3.63) is 40.1 Å². The van der Waals surface area contributed by atoms with Crippen molar-refractivity contribution in [2.24, 2.45) is 0 Å². The molecule has 2 heterocycles. The third-order valence-electron chi connectivity index (χ3n) is 3.39. The highest BCUT2D eigenvalue weighted by molar-refractivity contribution is 5.81. The number of benzene rings is 1. The Morgan fingerprint density at radius 2 is 2.05 bits per heavy atom. The van der Waals surface area contributed by atoms with Gasteiger partial charge >= 0.3 is 5.69 Å². The van der Waals surface area contributed by atoms with Gasteiger partial charge in [0.25, 0.3) is 0 Å². The van der Waals surface area contributed by atoms with E-state index in [0.29, 0.717) is 5.82 Å². The van der Waals surface area contributed by atoms with E-state index in [0.717, 1.165) is 16.6 Å².